The first-order valence-corrected chi connectivity index (χ1v) is 6.23. The molecule has 1 atom stereocenters. The first-order valence-electron chi connectivity index (χ1n) is 6.23. The minimum Gasteiger partial charge on any atom is -0.491 e. The van der Waals surface area contributed by atoms with Gasteiger partial charge in [0.15, 0.2) is 0 Å². The Bertz CT molecular complexity index is 315. The first-order chi connectivity index (χ1) is 8.27. The molecule has 17 heavy (non-hydrogen) atoms. The predicted molar refractivity (Wildman–Crippen MR) is 70.5 cm³/mol. The smallest absolute Gasteiger partial charge is 0.119 e. The molecule has 0 aliphatic carbocycles. The van der Waals surface area contributed by atoms with Crippen LogP contribution in [0.25, 0.3) is 0 Å². The van der Waals surface area contributed by atoms with Crippen molar-refractivity contribution in [1.29, 1.82) is 0 Å². The number of methoxy groups -OCH3 is 1. The standard InChI is InChI=1S/C14H23NO2/c1-4-8-15-12(2)13-6-5-7-14(11-13)17-10-9-16-3/h5-7,11-12,15H,4,8-10H2,1-3H3. The second kappa shape index (κ2) is 8.09. The highest BCUT2D eigenvalue weighted by Crippen LogP contribution is 2.18. The number of hydrogen-bond donors (Lipinski definition) is 1. The lowest BCUT2D eigenvalue weighted by Gasteiger charge is -2.15. The topological polar surface area (TPSA) is 30.5 Å². The Hall–Kier alpha value is -1.06. The van der Waals surface area contributed by atoms with Crippen LogP contribution in [-0.2, 0) is 4.74 Å². The Morgan fingerprint density at radius 1 is 1.29 bits per heavy atom. The Balaban J connectivity index is 2.52. The third-order valence-corrected chi connectivity index (χ3v) is 2.61. The molecule has 1 rings (SSSR count). The number of ether oxygens (including phenoxy) is 2. The molecule has 0 saturated carbocycles. The van der Waals surface area contributed by atoms with Gasteiger partial charge < -0.3 is 14.8 Å². The van der Waals surface area contributed by atoms with E-state index in [1.807, 2.05) is 12.1 Å². The van der Waals surface area contributed by atoms with Gasteiger partial charge in [-0.2, -0.15) is 0 Å². The second-order valence-corrected chi connectivity index (χ2v) is 4.09. The predicted octanol–water partition coefficient (Wildman–Crippen LogP) is 2.77. The molecule has 3 heteroatoms. The second-order valence-electron chi connectivity index (χ2n) is 4.09. The maximum absolute atomic E-state index is 5.59. The summed E-state index contributed by atoms with van der Waals surface area (Å²) in [5.41, 5.74) is 1.26. The van der Waals surface area contributed by atoms with Gasteiger partial charge >= 0.3 is 0 Å². The first kappa shape index (κ1) is 14.0. The fourth-order valence-corrected chi connectivity index (χ4v) is 1.60. The maximum atomic E-state index is 5.59. The van der Waals surface area contributed by atoms with Crippen LogP contribution in [0.2, 0.25) is 0 Å². The van der Waals surface area contributed by atoms with Crippen LogP contribution in [0, 0.1) is 0 Å². The molecule has 0 saturated heterocycles. The molecule has 0 aromatic heterocycles. The summed E-state index contributed by atoms with van der Waals surface area (Å²) in [6.45, 7) is 6.59. The molecule has 0 aliphatic rings. The molecule has 0 radical (unpaired) electrons. The minimum atomic E-state index is 0.362. The van der Waals surface area contributed by atoms with Gasteiger partial charge in [0.05, 0.1) is 6.61 Å². The lowest BCUT2D eigenvalue weighted by Crippen LogP contribution is -2.19. The van der Waals surface area contributed by atoms with E-state index < -0.39 is 0 Å². The summed E-state index contributed by atoms with van der Waals surface area (Å²) in [7, 11) is 1.68. The van der Waals surface area contributed by atoms with Gasteiger partial charge in [-0.25, -0.2) is 0 Å². The maximum Gasteiger partial charge on any atom is 0.119 e. The lowest BCUT2D eigenvalue weighted by atomic mass is 10.1. The van der Waals surface area contributed by atoms with Crippen LogP contribution in [0.1, 0.15) is 31.9 Å². The molecule has 0 heterocycles. The van der Waals surface area contributed by atoms with Crippen LogP contribution in [-0.4, -0.2) is 26.9 Å². The molecular formula is C14H23NO2. The zero-order chi connectivity index (χ0) is 12.5. The monoisotopic (exact) mass is 237 g/mol. The van der Waals surface area contributed by atoms with E-state index >= 15 is 0 Å². The SMILES string of the molecule is CCCNC(C)c1cccc(OCCOC)c1. The summed E-state index contributed by atoms with van der Waals surface area (Å²) in [5.74, 6) is 0.907. The van der Waals surface area contributed by atoms with Crippen molar-refractivity contribution in [2.45, 2.75) is 26.3 Å². The molecule has 1 N–H and O–H groups in total. The average molecular weight is 237 g/mol. The summed E-state index contributed by atoms with van der Waals surface area (Å²) in [6.07, 6.45) is 1.15. The Kier molecular flexibility index (Phi) is 6.67. The molecule has 0 fully saturated rings. The van der Waals surface area contributed by atoms with Crippen molar-refractivity contribution in [2.24, 2.45) is 0 Å². The van der Waals surface area contributed by atoms with E-state index in [1.165, 1.54) is 5.56 Å². The van der Waals surface area contributed by atoms with E-state index in [2.05, 4.69) is 31.3 Å². The van der Waals surface area contributed by atoms with Gasteiger partial charge in [-0.3, -0.25) is 0 Å². The number of nitrogens with one attached hydrogen (secondary N) is 1. The summed E-state index contributed by atoms with van der Waals surface area (Å²) in [6, 6.07) is 8.58. The molecular weight excluding hydrogens is 214 g/mol. The van der Waals surface area contributed by atoms with E-state index in [0.29, 0.717) is 19.3 Å². The number of rotatable bonds is 8. The van der Waals surface area contributed by atoms with E-state index in [0.717, 1.165) is 18.7 Å². The quantitative estimate of drug-likeness (QED) is 0.705. The normalized spacial score (nSPS) is 12.4. The van der Waals surface area contributed by atoms with Crippen LogP contribution >= 0.6 is 0 Å². The van der Waals surface area contributed by atoms with Crippen LogP contribution in [0.3, 0.4) is 0 Å². The zero-order valence-corrected chi connectivity index (χ0v) is 11.0. The third kappa shape index (κ3) is 5.20. The number of benzene rings is 1. The van der Waals surface area contributed by atoms with Crippen molar-refractivity contribution in [3.63, 3.8) is 0 Å². The van der Waals surface area contributed by atoms with Gasteiger partial charge in [-0.1, -0.05) is 19.1 Å². The Morgan fingerprint density at radius 2 is 2.12 bits per heavy atom. The molecule has 0 aliphatic heterocycles. The molecule has 1 aromatic carbocycles. The van der Waals surface area contributed by atoms with Gasteiger partial charge in [0.1, 0.15) is 12.4 Å². The lowest BCUT2D eigenvalue weighted by molar-refractivity contribution is 0.146. The molecule has 3 nitrogen and oxygen atoms in total. The van der Waals surface area contributed by atoms with Crippen LogP contribution in [0.15, 0.2) is 24.3 Å². The molecule has 1 unspecified atom stereocenters. The van der Waals surface area contributed by atoms with Gasteiger partial charge in [0.2, 0.25) is 0 Å². The Labute approximate surface area is 104 Å². The van der Waals surface area contributed by atoms with Crippen molar-refractivity contribution in [3.8, 4) is 5.75 Å². The average Bonchev–Trinajstić information content (AvgIpc) is 2.36. The zero-order valence-electron chi connectivity index (χ0n) is 11.0. The van der Waals surface area contributed by atoms with Crippen LogP contribution in [0.5, 0.6) is 5.75 Å². The van der Waals surface area contributed by atoms with E-state index in [9.17, 15) is 0 Å². The Morgan fingerprint density at radius 3 is 2.82 bits per heavy atom. The van der Waals surface area contributed by atoms with Crippen LogP contribution in [0.4, 0.5) is 0 Å². The van der Waals surface area contributed by atoms with Crippen molar-refractivity contribution in [1.82, 2.24) is 5.32 Å². The van der Waals surface area contributed by atoms with Crippen molar-refractivity contribution in [2.75, 3.05) is 26.9 Å². The summed E-state index contributed by atoms with van der Waals surface area (Å²) < 4.78 is 10.5. The van der Waals surface area contributed by atoms with E-state index in [-0.39, 0.29) is 0 Å². The highest BCUT2D eigenvalue weighted by atomic mass is 16.5. The fraction of sp³-hybridized carbons (Fsp3) is 0.571. The molecule has 0 amide bonds. The molecule has 1 aromatic rings. The van der Waals surface area contributed by atoms with E-state index in [4.69, 9.17) is 9.47 Å². The van der Waals surface area contributed by atoms with Gasteiger partial charge in [-0.15, -0.1) is 0 Å². The van der Waals surface area contributed by atoms with E-state index in [1.54, 1.807) is 7.11 Å². The summed E-state index contributed by atoms with van der Waals surface area (Å²) >= 11 is 0. The minimum absolute atomic E-state index is 0.362. The summed E-state index contributed by atoms with van der Waals surface area (Å²) in [5, 5.41) is 3.46. The largest absolute Gasteiger partial charge is 0.491 e. The fourth-order valence-electron chi connectivity index (χ4n) is 1.60. The van der Waals surface area contributed by atoms with Crippen molar-refractivity contribution < 1.29 is 9.47 Å². The van der Waals surface area contributed by atoms with Crippen molar-refractivity contribution >= 4 is 0 Å². The summed E-state index contributed by atoms with van der Waals surface area (Å²) in [4.78, 5) is 0. The molecule has 96 valence electrons. The third-order valence-electron chi connectivity index (χ3n) is 2.61. The van der Waals surface area contributed by atoms with Crippen LogP contribution < -0.4 is 10.1 Å². The molecule has 0 bridgehead atoms. The highest BCUT2D eigenvalue weighted by Gasteiger charge is 2.04. The number of hydrogen-bond acceptors (Lipinski definition) is 3. The van der Waals surface area contributed by atoms with Gasteiger partial charge in [0, 0.05) is 13.2 Å². The van der Waals surface area contributed by atoms with Gasteiger partial charge in [-0.05, 0) is 37.6 Å². The van der Waals surface area contributed by atoms with Crippen molar-refractivity contribution in [3.05, 3.63) is 29.8 Å². The van der Waals surface area contributed by atoms with Gasteiger partial charge in [0.25, 0.3) is 0 Å². The highest BCUT2D eigenvalue weighted by molar-refractivity contribution is 5.30. The molecule has 0 spiro atoms.